The van der Waals surface area contributed by atoms with Crippen LogP contribution in [0, 0.1) is 0 Å². The summed E-state index contributed by atoms with van der Waals surface area (Å²) in [6, 6.07) is 5.96. The van der Waals surface area contributed by atoms with Crippen molar-refractivity contribution in [3.63, 3.8) is 0 Å². The van der Waals surface area contributed by atoms with Crippen molar-refractivity contribution in [3.05, 3.63) is 29.6 Å². The Morgan fingerprint density at radius 1 is 0.833 bits per heavy atom. The van der Waals surface area contributed by atoms with Crippen LogP contribution >= 0.6 is 0 Å². The monoisotopic (exact) mass is 329 g/mol. The van der Waals surface area contributed by atoms with E-state index in [-0.39, 0.29) is 0 Å². The first-order chi connectivity index (χ1) is 11.7. The number of pyridine rings is 1. The number of rotatable bonds is 6. The predicted molar refractivity (Wildman–Crippen MR) is 96.5 cm³/mol. The molecule has 1 aromatic rings. The van der Waals surface area contributed by atoms with Gasteiger partial charge in [-0.15, -0.1) is 0 Å². The lowest BCUT2D eigenvalue weighted by molar-refractivity contribution is 0.242. The van der Waals surface area contributed by atoms with E-state index in [2.05, 4.69) is 36.3 Å². The summed E-state index contributed by atoms with van der Waals surface area (Å²) in [7, 11) is 0. The summed E-state index contributed by atoms with van der Waals surface area (Å²) in [5, 5.41) is 13.2. The van der Waals surface area contributed by atoms with Crippen molar-refractivity contribution >= 4 is 11.4 Å². The van der Waals surface area contributed by atoms with Crippen molar-refractivity contribution in [1.82, 2.24) is 26.1 Å². The van der Waals surface area contributed by atoms with Crippen molar-refractivity contribution in [3.8, 4) is 0 Å². The summed E-state index contributed by atoms with van der Waals surface area (Å²) in [4.78, 5) is 4.68. The molecule has 0 bridgehead atoms. The van der Waals surface area contributed by atoms with Crippen LogP contribution in [0.2, 0.25) is 0 Å². The van der Waals surface area contributed by atoms with E-state index in [0.717, 1.165) is 49.0 Å². The summed E-state index contributed by atoms with van der Waals surface area (Å²) in [5.74, 6) is 0. The van der Waals surface area contributed by atoms with Gasteiger partial charge in [0.15, 0.2) is 0 Å². The maximum Gasteiger partial charge on any atom is 0.0868 e. The number of hydrazine groups is 2. The normalized spacial score (nSPS) is 20.6. The van der Waals surface area contributed by atoms with Crippen LogP contribution < -0.4 is 11.1 Å². The third-order valence-electron chi connectivity index (χ3n) is 4.42. The fraction of sp³-hybridized carbons (Fsp3) is 0.588. The molecule has 2 fully saturated rings. The highest BCUT2D eigenvalue weighted by Gasteiger charge is 2.11. The molecular weight excluding hydrogens is 302 g/mol. The van der Waals surface area contributed by atoms with Crippen LogP contribution in [0.1, 0.15) is 50.9 Å². The number of hydrogen-bond acceptors (Lipinski definition) is 7. The zero-order valence-electron chi connectivity index (χ0n) is 14.6. The first-order valence-electron chi connectivity index (χ1n) is 8.80. The highest BCUT2D eigenvalue weighted by Crippen LogP contribution is 2.07. The van der Waals surface area contributed by atoms with Gasteiger partial charge in [-0.3, -0.25) is 0 Å². The highest BCUT2D eigenvalue weighted by atomic mass is 15.7. The van der Waals surface area contributed by atoms with Gasteiger partial charge < -0.3 is 0 Å². The van der Waals surface area contributed by atoms with E-state index in [1.165, 1.54) is 25.7 Å². The van der Waals surface area contributed by atoms with Crippen LogP contribution in [-0.2, 0) is 0 Å². The Morgan fingerprint density at radius 3 is 1.67 bits per heavy atom. The van der Waals surface area contributed by atoms with Crippen molar-refractivity contribution < 1.29 is 0 Å². The second-order valence-corrected chi connectivity index (χ2v) is 6.39. The van der Waals surface area contributed by atoms with E-state index >= 15 is 0 Å². The Hall–Kier alpha value is -1.99. The SMILES string of the molecule is CC(=NNN1CCCC1)c1cccc(C(C)=NNN2CCCC2)n1. The molecule has 0 aromatic carbocycles. The van der Waals surface area contributed by atoms with Crippen LogP contribution in [-0.4, -0.2) is 52.6 Å². The molecule has 1 aromatic heterocycles. The Kier molecular flexibility index (Phi) is 5.77. The quantitative estimate of drug-likeness (QED) is 0.614. The van der Waals surface area contributed by atoms with Crippen molar-refractivity contribution in [2.45, 2.75) is 39.5 Å². The van der Waals surface area contributed by atoms with Crippen LogP contribution in [0.25, 0.3) is 0 Å². The molecule has 0 spiro atoms. The Labute approximate surface area is 143 Å². The molecule has 2 saturated heterocycles. The zero-order valence-corrected chi connectivity index (χ0v) is 14.6. The maximum atomic E-state index is 4.68. The minimum absolute atomic E-state index is 0.870. The van der Waals surface area contributed by atoms with Gasteiger partial charge in [-0.25, -0.2) is 26.1 Å². The van der Waals surface area contributed by atoms with Gasteiger partial charge in [-0.1, -0.05) is 6.07 Å². The van der Waals surface area contributed by atoms with E-state index in [9.17, 15) is 0 Å². The van der Waals surface area contributed by atoms with Gasteiger partial charge in [0.05, 0.1) is 22.8 Å². The van der Waals surface area contributed by atoms with E-state index in [4.69, 9.17) is 0 Å². The molecule has 2 N–H and O–H groups in total. The van der Waals surface area contributed by atoms with Crippen molar-refractivity contribution in [1.29, 1.82) is 0 Å². The van der Waals surface area contributed by atoms with Gasteiger partial charge in [-0.05, 0) is 51.7 Å². The second-order valence-electron chi connectivity index (χ2n) is 6.39. The molecule has 24 heavy (non-hydrogen) atoms. The Balaban J connectivity index is 1.63. The molecule has 0 saturated carbocycles. The average Bonchev–Trinajstić information content (AvgIpc) is 3.31. The molecule has 2 aliphatic rings. The fourth-order valence-corrected chi connectivity index (χ4v) is 2.88. The minimum atomic E-state index is 0.870. The minimum Gasteiger partial charge on any atom is -0.245 e. The summed E-state index contributed by atoms with van der Waals surface area (Å²) in [6.07, 6.45) is 4.92. The molecule has 0 radical (unpaired) electrons. The fourth-order valence-electron chi connectivity index (χ4n) is 2.88. The van der Waals surface area contributed by atoms with Crippen molar-refractivity contribution in [2.24, 2.45) is 10.2 Å². The number of aromatic nitrogens is 1. The Morgan fingerprint density at radius 2 is 1.25 bits per heavy atom. The van der Waals surface area contributed by atoms with Crippen LogP contribution in [0.4, 0.5) is 0 Å². The molecule has 130 valence electrons. The predicted octanol–water partition coefficient (Wildman–Crippen LogP) is 1.73. The van der Waals surface area contributed by atoms with Gasteiger partial charge >= 0.3 is 0 Å². The van der Waals surface area contributed by atoms with E-state index < -0.39 is 0 Å². The summed E-state index contributed by atoms with van der Waals surface area (Å²) in [5.41, 5.74) is 9.74. The third-order valence-corrected chi connectivity index (χ3v) is 4.42. The third kappa shape index (κ3) is 4.52. The second kappa shape index (κ2) is 8.21. The average molecular weight is 329 g/mol. The summed E-state index contributed by atoms with van der Waals surface area (Å²) < 4.78 is 0. The molecule has 3 rings (SSSR count). The molecule has 0 amide bonds. The van der Waals surface area contributed by atoms with E-state index in [1.54, 1.807) is 0 Å². The molecule has 0 aliphatic carbocycles. The van der Waals surface area contributed by atoms with Gasteiger partial charge in [0.2, 0.25) is 0 Å². The standard InChI is InChI=1S/C17H27N7/c1-14(19-21-23-10-3-4-11-23)16-8-7-9-17(18-16)15(2)20-22-24-12-5-6-13-24/h7-9,21-22H,3-6,10-13H2,1-2H3. The van der Waals surface area contributed by atoms with Gasteiger partial charge in [0.25, 0.3) is 0 Å². The van der Waals surface area contributed by atoms with Crippen LogP contribution in [0.15, 0.2) is 28.4 Å². The molecule has 3 heterocycles. The molecule has 7 nitrogen and oxygen atoms in total. The van der Waals surface area contributed by atoms with Crippen molar-refractivity contribution in [2.75, 3.05) is 26.2 Å². The summed E-state index contributed by atoms with van der Waals surface area (Å²) in [6.45, 7) is 8.17. The smallest absolute Gasteiger partial charge is 0.0868 e. The number of nitrogens with one attached hydrogen (secondary N) is 2. The molecular formula is C17H27N7. The number of nitrogens with zero attached hydrogens (tertiary/aromatic N) is 5. The Bertz CT molecular complexity index is 549. The topological polar surface area (TPSA) is 68.2 Å². The molecule has 7 heteroatoms. The number of hydrazone groups is 2. The van der Waals surface area contributed by atoms with E-state index in [0.29, 0.717) is 0 Å². The van der Waals surface area contributed by atoms with Crippen LogP contribution in [0.5, 0.6) is 0 Å². The molecule has 0 unspecified atom stereocenters. The first kappa shape index (κ1) is 16.9. The van der Waals surface area contributed by atoms with Gasteiger partial charge in [0.1, 0.15) is 0 Å². The van der Waals surface area contributed by atoms with Gasteiger partial charge in [-0.2, -0.15) is 10.2 Å². The highest BCUT2D eigenvalue weighted by molar-refractivity contribution is 6.00. The summed E-state index contributed by atoms with van der Waals surface area (Å²) >= 11 is 0. The lowest BCUT2D eigenvalue weighted by Gasteiger charge is -2.14. The maximum absolute atomic E-state index is 4.68. The molecule has 2 aliphatic heterocycles. The van der Waals surface area contributed by atoms with Crippen LogP contribution in [0.3, 0.4) is 0 Å². The first-order valence-corrected chi connectivity index (χ1v) is 8.80. The number of hydrogen-bond donors (Lipinski definition) is 2. The zero-order chi connectivity index (χ0) is 16.8. The van der Waals surface area contributed by atoms with E-state index in [1.807, 2.05) is 32.0 Å². The van der Waals surface area contributed by atoms with Gasteiger partial charge in [0, 0.05) is 26.2 Å². The molecule has 0 atom stereocenters. The lowest BCUT2D eigenvalue weighted by Crippen LogP contribution is -2.32. The largest absolute Gasteiger partial charge is 0.245 e. The lowest BCUT2D eigenvalue weighted by atomic mass is 10.2.